The summed E-state index contributed by atoms with van der Waals surface area (Å²) in [4.78, 5) is 11.3. The minimum atomic E-state index is 0.506. The molecule has 0 aliphatic carbocycles. The van der Waals surface area contributed by atoms with Gasteiger partial charge in [-0.2, -0.15) is 0 Å². The van der Waals surface area contributed by atoms with Gasteiger partial charge in [-0.3, -0.25) is 9.97 Å². The van der Waals surface area contributed by atoms with E-state index in [-0.39, 0.29) is 0 Å². The molecule has 1 N–H and O–H groups in total. The van der Waals surface area contributed by atoms with Crippen molar-refractivity contribution in [3.8, 4) is 0 Å². The normalized spacial score (nSPS) is 15.8. The van der Waals surface area contributed by atoms with E-state index in [0.717, 1.165) is 24.5 Å². The molecule has 1 atom stereocenters. The van der Waals surface area contributed by atoms with Crippen LogP contribution in [0.5, 0.6) is 0 Å². The zero-order chi connectivity index (χ0) is 19.9. The highest BCUT2D eigenvalue weighted by Crippen LogP contribution is 2.30. The fourth-order valence-electron chi connectivity index (χ4n) is 3.77. The first-order valence-electron chi connectivity index (χ1n) is 10.2. The van der Waals surface area contributed by atoms with Crippen LogP contribution in [0.25, 0.3) is 0 Å². The summed E-state index contributed by atoms with van der Waals surface area (Å²) in [6, 6.07) is 15.7. The molecule has 150 valence electrons. The summed E-state index contributed by atoms with van der Waals surface area (Å²) >= 11 is 3.78. The summed E-state index contributed by atoms with van der Waals surface area (Å²) in [5.74, 6) is 2.04. The van der Waals surface area contributed by atoms with Crippen LogP contribution in [0.15, 0.2) is 70.8 Å². The topological polar surface area (TPSA) is 37.8 Å². The number of nitrogens with zero attached hydrogens (tertiary/aromatic N) is 2. The zero-order valence-corrected chi connectivity index (χ0v) is 18.4. The number of rotatable bonds is 8. The smallest absolute Gasteiger partial charge is 0.0546 e. The van der Waals surface area contributed by atoms with Crippen LogP contribution in [0.1, 0.15) is 41.3 Å². The maximum Gasteiger partial charge on any atom is 0.0546 e. The molecule has 1 aromatic carbocycles. The van der Waals surface area contributed by atoms with E-state index in [1.165, 1.54) is 45.0 Å². The Kier molecular flexibility index (Phi) is 7.25. The van der Waals surface area contributed by atoms with Crippen LogP contribution >= 0.6 is 23.5 Å². The van der Waals surface area contributed by atoms with E-state index >= 15 is 0 Å². The molecule has 0 amide bonds. The van der Waals surface area contributed by atoms with Crippen LogP contribution in [0, 0.1) is 6.92 Å². The highest BCUT2D eigenvalue weighted by Gasteiger charge is 2.18. The Morgan fingerprint density at radius 2 is 1.90 bits per heavy atom. The van der Waals surface area contributed by atoms with Crippen molar-refractivity contribution in [2.24, 2.45) is 0 Å². The number of thioether (sulfide) groups is 2. The lowest BCUT2D eigenvalue weighted by Crippen LogP contribution is -2.29. The van der Waals surface area contributed by atoms with Gasteiger partial charge in [-0.25, -0.2) is 0 Å². The van der Waals surface area contributed by atoms with Crippen molar-refractivity contribution >= 4 is 23.5 Å². The first kappa shape index (κ1) is 20.5. The maximum atomic E-state index is 4.62. The Balaban J connectivity index is 1.29. The summed E-state index contributed by atoms with van der Waals surface area (Å²) in [5.41, 5.74) is 5.52. The van der Waals surface area contributed by atoms with Gasteiger partial charge in [0.05, 0.1) is 5.69 Å². The van der Waals surface area contributed by atoms with Crippen molar-refractivity contribution in [2.75, 3.05) is 12.3 Å². The van der Waals surface area contributed by atoms with Crippen molar-refractivity contribution in [1.29, 1.82) is 0 Å². The SMILES string of the molecule is Cc1c(SCCCC2NCCc3ccccc32)ccnc1CSc1ccncc1. The molecule has 0 radical (unpaired) electrons. The van der Waals surface area contributed by atoms with Crippen LogP contribution in [-0.2, 0) is 12.2 Å². The molecule has 1 aliphatic rings. The molecule has 3 nitrogen and oxygen atoms in total. The van der Waals surface area contributed by atoms with E-state index in [1.807, 2.05) is 42.1 Å². The highest BCUT2D eigenvalue weighted by molar-refractivity contribution is 7.99. The molecule has 29 heavy (non-hydrogen) atoms. The lowest BCUT2D eigenvalue weighted by Gasteiger charge is -2.27. The van der Waals surface area contributed by atoms with E-state index in [0.29, 0.717) is 6.04 Å². The van der Waals surface area contributed by atoms with Crippen molar-refractivity contribution in [3.05, 3.63) is 83.4 Å². The van der Waals surface area contributed by atoms with Gasteiger partial charge in [0.1, 0.15) is 0 Å². The Bertz CT molecular complexity index is 930. The lowest BCUT2D eigenvalue weighted by molar-refractivity contribution is 0.472. The third kappa shape index (κ3) is 5.41. The Labute approximate surface area is 182 Å². The second kappa shape index (κ2) is 10.3. The molecule has 3 heterocycles. The zero-order valence-electron chi connectivity index (χ0n) is 16.8. The second-order valence-electron chi connectivity index (χ2n) is 7.30. The number of pyridine rings is 2. The average Bonchev–Trinajstić information content (AvgIpc) is 2.77. The summed E-state index contributed by atoms with van der Waals surface area (Å²) in [6.45, 7) is 3.30. The molecule has 3 aromatic rings. The molecule has 0 fully saturated rings. The van der Waals surface area contributed by atoms with Gasteiger partial charge in [-0.15, -0.1) is 23.5 Å². The standard InChI is InChI=1S/C24H27N3S2/c1-18-23(17-29-20-9-12-25-13-10-20)27-15-11-24(18)28-16-4-7-22-21-6-3-2-5-19(21)8-14-26-22/h2-3,5-6,9-13,15,22,26H,4,7-8,14,16-17H2,1H3. The van der Waals surface area contributed by atoms with E-state index in [4.69, 9.17) is 0 Å². The molecule has 0 saturated carbocycles. The summed E-state index contributed by atoms with van der Waals surface area (Å²) in [6.07, 6.45) is 9.19. The van der Waals surface area contributed by atoms with Gasteiger partial charge in [-0.1, -0.05) is 24.3 Å². The fraction of sp³-hybridized carbons (Fsp3) is 0.333. The Morgan fingerprint density at radius 3 is 2.79 bits per heavy atom. The Morgan fingerprint density at radius 1 is 1.03 bits per heavy atom. The lowest BCUT2D eigenvalue weighted by atomic mass is 9.92. The Hall–Kier alpha value is -1.82. The molecular formula is C24H27N3S2. The van der Waals surface area contributed by atoms with E-state index in [9.17, 15) is 0 Å². The average molecular weight is 422 g/mol. The number of fused-ring (bicyclic) bond motifs is 1. The van der Waals surface area contributed by atoms with Gasteiger partial charge in [0.2, 0.25) is 0 Å². The summed E-state index contributed by atoms with van der Waals surface area (Å²) in [7, 11) is 0. The van der Waals surface area contributed by atoms with Crippen LogP contribution in [-0.4, -0.2) is 22.3 Å². The van der Waals surface area contributed by atoms with E-state index in [2.05, 4.69) is 64.7 Å². The van der Waals surface area contributed by atoms with Gasteiger partial charge in [0, 0.05) is 40.2 Å². The number of aromatic nitrogens is 2. The monoisotopic (exact) mass is 421 g/mol. The van der Waals surface area contributed by atoms with Gasteiger partial charge in [0.25, 0.3) is 0 Å². The molecule has 2 aromatic heterocycles. The predicted molar refractivity (Wildman–Crippen MR) is 124 cm³/mol. The van der Waals surface area contributed by atoms with E-state index in [1.54, 1.807) is 0 Å². The molecule has 0 bridgehead atoms. The van der Waals surface area contributed by atoms with Gasteiger partial charge in [-0.05, 0) is 73.4 Å². The number of nitrogens with one attached hydrogen (secondary N) is 1. The number of hydrogen-bond acceptors (Lipinski definition) is 5. The third-order valence-electron chi connectivity index (χ3n) is 5.39. The van der Waals surface area contributed by atoms with Crippen molar-refractivity contribution in [3.63, 3.8) is 0 Å². The molecule has 1 aliphatic heterocycles. The molecular weight excluding hydrogens is 394 g/mol. The van der Waals surface area contributed by atoms with Crippen LogP contribution < -0.4 is 5.32 Å². The number of benzene rings is 1. The van der Waals surface area contributed by atoms with Crippen LogP contribution in [0.4, 0.5) is 0 Å². The second-order valence-corrected chi connectivity index (χ2v) is 9.48. The van der Waals surface area contributed by atoms with Gasteiger partial charge >= 0.3 is 0 Å². The summed E-state index contributed by atoms with van der Waals surface area (Å²) < 4.78 is 0. The minimum absolute atomic E-state index is 0.506. The third-order valence-corrected chi connectivity index (χ3v) is 7.66. The fourth-order valence-corrected chi connectivity index (χ4v) is 5.70. The van der Waals surface area contributed by atoms with Crippen molar-refractivity contribution in [1.82, 2.24) is 15.3 Å². The highest BCUT2D eigenvalue weighted by atomic mass is 32.2. The molecule has 5 heteroatoms. The predicted octanol–water partition coefficient (Wildman–Crippen LogP) is 5.84. The summed E-state index contributed by atoms with van der Waals surface area (Å²) in [5, 5.41) is 3.70. The van der Waals surface area contributed by atoms with Crippen LogP contribution in [0.3, 0.4) is 0 Å². The molecule has 1 unspecified atom stereocenters. The maximum absolute atomic E-state index is 4.62. The number of hydrogen-bond donors (Lipinski definition) is 1. The first-order chi connectivity index (χ1) is 14.3. The van der Waals surface area contributed by atoms with Crippen molar-refractivity contribution in [2.45, 2.75) is 47.8 Å². The quantitative estimate of drug-likeness (QED) is 0.365. The minimum Gasteiger partial charge on any atom is -0.310 e. The molecule has 0 spiro atoms. The van der Waals surface area contributed by atoms with Gasteiger partial charge < -0.3 is 5.32 Å². The molecule has 4 rings (SSSR count). The van der Waals surface area contributed by atoms with Gasteiger partial charge in [0.15, 0.2) is 0 Å². The first-order valence-corrected chi connectivity index (χ1v) is 12.2. The van der Waals surface area contributed by atoms with Crippen LogP contribution in [0.2, 0.25) is 0 Å². The van der Waals surface area contributed by atoms with E-state index < -0.39 is 0 Å². The molecule has 0 saturated heterocycles. The largest absolute Gasteiger partial charge is 0.310 e. The van der Waals surface area contributed by atoms with Crippen molar-refractivity contribution < 1.29 is 0 Å².